The Labute approximate surface area is 99.7 Å². The van der Waals surface area contributed by atoms with Crippen LogP contribution in [-0.2, 0) is 4.74 Å². The molecular weight excluding hydrogens is 200 g/mol. The average Bonchev–Trinajstić information content (AvgIpc) is 2.33. The Morgan fingerprint density at radius 1 is 1.00 bits per heavy atom. The monoisotopic (exact) mass is 226 g/mol. The molecule has 2 heterocycles. The van der Waals surface area contributed by atoms with Crippen LogP contribution >= 0.6 is 0 Å². The molecule has 0 aromatic heterocycles. The van der Waals surface area contributed by atoms with Crippen molar-refractivity contribution in [1.82, 2.24) is 9.80 Å². The lowest BCUT2D eigenvalue weighted by molar-refractivity contribution is 0.0245. The van der Waals surface area contributed by atoms with Crippen LogP contribution in [0.3, 0.4) is 0 Å². The summed E-state index contributed by atoms with van der Waals surface area (Å²) in [4.78, 5) is 5.21. The third kappa shape index (κ3) is 3.72. The number of morpholine rings is 1. The summed E-state index contributed by atoms with van der Waals surface area (Å²) in [6.45, 7) is 11.7. The first-order chi connectivity index (χ1) is 7.88. The molecule has 0 spiro atoms. The van der Waals surface area contributed by atoms with Crippen LogP contribution in [0.5, 0.6) is 0 Å². The van der Waals surface area contributed by atoms with Gasteiger partial charge in [-0.1, -0.05) is 6.92 Å². The molecule has 94 valence electrons. The minimum absolute atomic E-state index is 0.936. The van der Waals surface area contributed by atoms with Crippen molar-refractivity contribution >= 4 is 0 Å². The van der Waals surface area contributed by atoms with E-state index in [4.69, 9.17) is 4.74 Å². The largest absolute Gasteiger partial charge is 0.379 e. The van der Waals surface area contributed by atoms with Crippen molar-refractivity contribution in [2.75, 3.05) is 52.5 Å². The molecule has 2 fully saturated rings. The molecule has 2 aliphatic rings. The molecule has 0 atom stereocenters. The highest BCUT2D eigenvalue weighted by atomic mass is 16.5. The molecule has 16 heavy (non-hydrogen) atoms. The van der Waals surface area contributed by atoms with Crippen molar-refractivity contribution in [2.24, 2.45) is 5.92 Å². The summed E-state index contributed by atoms with van der Waals surface area (Å²) in [6.07, 6.45) is 4.10. The highest BCUT2D eigenvalue weighted by Crippen LogP contribution is 2.18. The minimum atomic E-state index is 0.936. The predicted molar refractivity (Wildman–Crippen MR) is 66.7 cm³/mol. The average molecular weight is 226 g/mol. The molecule has 0 radical (unpaired) electrons. The Morgan fingerprint density at radius 3 is 2.31 bits per heavy atom. The standard InChI is InChI=1S/C13H26N2O/c1-2-5-14-6-3-13(4-7-14)12-15-8-10-16-11-9-15/h13H,2-12H2,1H3. The van der Waals surface area contributed by atoms with Crippen molar-refractivity contribution in [3.05, 3.63) is 0 Å². The fraction of sp³-hybridized carbons (Fsp3) is 1.00. The molecule has 0 aromatic rings. The van der Waals surface area contributed by atoms with Gasteiger partial charge in [0.05, 0.1) is 13.2 Å². The summed E-state index contributed by atoms with van der Waals surface area (Å²) in [5, 5.41) is 0. The van der Waals surface area contributed by atoms with E-state index in [9.17, 15) is 0 Å². The van der Waals surface area contributed by atoms with Crippen molar-refractivity contribution in [3.8, 4) is 0 Å². The summed E-state index contributed by atoms with van der Waals surface area (Å²) < 4.78 is 5.39. The van der Waals surface area contributed by atoms with Gasteiger partial charge in [-0.05, 0) is 44.8 Å². The molecule has 0 unspecified atom stereocenters. The molecule has 2 rings (SSSR count). The maximum Gasteiger partial charge on any atom is 0.0594 e. The van der Waals surface area contributed by atoms with E-state index in [0.29, 0.717) is 0 Å². The van der Waals surface area contributed by atoms with E-state index in [1.54, 1.807) is 0 Å². The number of rotatable bonds is 4. The van der Waals surface area contributed by atoms with Gasteiger partial charge in [0.2, 0.25) is 0 Å². The Balaban J connectivity index is 1.64. The van der Waals surface area contributed by atoms with Gasteiger partial charge in [-0.15, -0.1) is 0 Å². The van der Waals surface area contributed by atoms with E-state index in [2.05, 4.69) is 16.7 Å². The van der Waals surface area contributed by atoms with E-state index >= 15 is 0 Å². The van der Waals surface area contributed by atoms with E-state index in [1.165, 1.54) is 45.4 Å². The molecule has 3 nitrogen and oxygen atoms in total. The first-order valence-electron chi connectivity index (χ1n) is 6.91. The second-order valence-corrected chi connectivity index (χ2v) is 5.20. The number of hydrogen-bond acceptors (Lipinski definition) is 3. The SMILES string of the molecule is CCCN1CCC(CN2CCOCC2)CC1. The van der Waals surface area contributed by atoms with E-state index in [1.807, 2.05) is 0 Å². The van der Waals surface area contributed by atoms with E-state index in [-0.39, 0.29) is 0 Å². The highest BCUT2D eigenvalue weighted by molar-refractivity contribution is 4.75. The zero-order valence-electron chi connectivity index (χ0n) is 10.7. The van der Waals surface area contributed by atoms with Crippen LogP contribution in [0.15, 0.2) is 0 Å². The predicted octanol–water partition coefficient (Wildman–Crippen LogP) is 1.44. The minimum Gasteiger partial charge on any atom is -0.379 e. The second-order valence-electron chi connectivity index (χ2n) is 5.20. The highest BCUT2D eigenvalue weighted by Gasteiger charge is 2.21. The Bertz CT molecular complexity index is 184. The first-order valence-corrected chi connectivity index (χ1v) is 6.91. The second kappa shape index (κ2) is 6.58. The van der Waals surface area contributed by atoms with Crippen molar-refractivity contribution < 1.29 is 4.74 Å². The maximum atomic E-state index is 5.39. The third-order valence-electron chi connectivity index (χ3n) is 3.87. The summed E-state index contributed by atoms with van der Waals surface area (Å²) in [6, 6.07) is 0. The van der Waals surface area contributed by atoms with Gasteiger partial charge in [0, 0.05) is 19.6 Å². The number of ether oxygens (including phenoxy) is 1. The summed E-state index contributed by atoms with van der Waals surface area (Å²) >= 11 is 0. The molecular formula is C13H26N2O. The molecule has 0 bridgehead atoms. The van der Waals surface area contributed by atoms with Crippen LogP contribution in [0.4, 0.5) is 0 Å². The summed E-state index contributed by atoms with van der Waals surface area (Å²) in [7, 11) is 0. The van der Waals surface area contributed by atoms with Gasteiger partial charge < -0.3 is 9.64 Å². The third-order valence-corrected chi connectivity index (χ3v) is 3.87. The zero-order chi connectivity index (χ0) is 11.2. The fourth-order valence-electron chi connectivity index (χ4n) is 2.86. The lowest BCUT2D eigenvalue weighted by Crippen LogP contribution is -2.42. The Kier molecular flexibility index (Phi) is 5.07. The van der Waals surface area contributed by atoms with Gasteiger partial charge in [-0.3, -0.25) is 4.90 Å². The maximum absolute atomic E-state index is 5.39. The van der Waals surface area contributed by atoms with Gasteiger partial charge in [0.1, 0.15) is 0 Å². The fourth-order valence-corrected chi connectivity index (χ4v) is 2.86. The van der Waals surface area contributed by atoms with Crippen LogP contribution in [0, 0.1) is 5.92 Å². The zero-order valence-corrected chi connectivity index (χ0v) is 10.7. The lowest BCUT2D eigenvalue weighted by atomic mass is 9.96. The van der Waals surface area contributed by atoms with Gasteiger partial charge in [0.15, 0.2) is 0 Å². The molecule has 3 heteroatoms. The van der Waals surface area contributed by atoms with E-state index in [0.717, 1.165) is 32.2 Å². The molecule has 0 amide bonds. The first kappa shape index (κ1) is 12.3. The molecule has 0 N–H and O–H groups in total. The van der Waals surface area contributed by atoms with Gasteiger partial charge in [-0.2, -0.15) is 0 Å². The Morgan fingerprint density at radius 2 is 1.69 bits per heavy atom. The quantitative estimate of drug-likeness (QED) is 0.721. The number of likely N-dealkylation sites (tertiary alicyclic amines) is 1. The molecule has 0 aromatic carbocycles. The van der Waals surface area contributed by atoms with Crippen LogP contribution in [0.1, 0.15) is 26.2 Å². The smallest absolute Gasteiger partial charge is 0.0594 e. The normalized spacial score (nSPS) is 26.1. The summed E-state index contributed by atoms with van der Waals surface area (Å²) in [5.41, 5.74) is 0. The van der Waals surface area contributed by atoms with Crippen LogP contribution < -0.4 is 0 Å². The number of piperidine rings is 1. The Hall–Kier alpha value is -0.120. The van der Waals surface area contributed by atoms with Crippen molar-refractivity contribution in [2.45, 2.75) is 26.2 Å². The van der Waals surface area contributed by atoms with Gasteiger partial charge >= 0.3 is 0 Å². The molecule has 0 aliphatic carbocycles. The number of hydrogen-bond donors (Lipinski definition) is 0. The van der Waals surface area contributed by atoms with E-state index < -0.39 is 0 Å². The lowest BCUT2D eigenvalue weighted by Gasteiger charge is -2.35. The molecule has 2 aliphatic heterocycles. The van der Waals surface area contributed by atoms with Gasteiger partial charge in [0.25, 0.3) is 0 Å². The molecule has 0 saturated carbocycles. The number of nitrogens with zero attached hydrogens (tertiary/aromatic N) is 2. The van der Waals surface area contributed by atoms with Gasteiger partial charge in [-0.25, -0.2) is 0 Å². The van der Waals surface area contributed by atoms with Crippen molar-refractivity contribution in [3.63, 3.8) is 0 Å². The molecule has 2 saturated heterocycles. The topological polar surface area (TPSA) is 15.7 Å². The van der Waals surface area contributed by atoms with Crippen LogP contribution in [0.2, 0.25) is 0 Å². The van der Waals surface area contributed by atoms with Crippen LogP contribution in [0.25, 0.3) is 0 Å². The van der Waals surface area contributed by atoms with Crippen LogP contribution in [-0.4, -0.2) is 62.3 Å². The van der Waals surface area contributed by atoms with Crippen molar-refractivity contribution in [1.29, 1.82) is 0 Å². The summed E-state index contributed by atoms with van der Waals surface area (Å²) in [5.74, 6) is 0.936.